The van der Waals surface area contributed by atoms with Crippen LogP contribution in [0.3, 0.4) is 0 Å². The lowest BCUT2D eigenvalue weighted by Crippen LogP contribution is -2.29. The van der Waals surface area contributed by atoms with E-state index < -0.39 is 0 Å². The number of imide groups is 1. The molecule has 0 spiro atoms. The summed E-state index contributed by atoms with van der Waals surface area (Å²) in [5, 5.41) is 0. The molecule has 4 rings (SSSR count). The number of fused-ring (bicyclic) bond motifs is 1. The van der Waals surface area contributed by atoms with E-state index in [0.717, 1.165) is 12.0 Å². The van der Waals surface area contributed by atoms with Crippen molar-refractivity contribution in [1.82, 2.24) is 0 Å². The van der Waals surface area contributed by atoms with Gasteiger partial charge in [-0.25, -0.2) is 4.90 Å². The Morgan fingerprint density at radius 2 is 1.14 bits per heavy atom. The van der Waals surface area contributed by atoms with Gasteiger partial charge in [0.1, 0.15) is 0 Å². The SMILES string of the molecule is CC.CCC#Cc1ccccc1.O=C1c2ccccc2C(=O)N1c1ccccc1. The molecule has 0 saturated heterocycles. The summed E-state index contributed by atoms with van der Waals surface area (Å²) in [6.45, 7) is 6.05. The first-order valence-corrected chi connectivity index (χ1v) is 9.79. The Bertz CT molecular complexity index is 964. The van der Waals surface area contributed by atoms with Crippen LogP contribution in [0.5, 0.6) is 0 Å². The van der Waals surface area contributed by atoms with Crippen LogP contribution in [0.15, 0.2) is 84.9 Å². The molecule has 3 aromatic carbocycles. The topological polar surface area (TPSA) is 37.4 Å². The van der Waals surface area contributed by atoms with Gasteiger partial charge in [-0.3, -0.25) is 9.59 Å². The molecule has 1 heterocycles. The van der Waals surface area contributed by atoms with E-state index in [2.05, 4.69) is 18.8 Å². The highest BCUT2D eigenvalue weighted by molar-refractivity contribution is 6.34. The molecule has 0 unspecified atom stereocenters. The van der Waals surface area contributed by atoms with Crippen molar-refractivity contribution < 1.29 is 9.59 Å². The average molecular weight is 383 g/mol. The van der Waals surface area contributed by atoms with E-state index in [-0.39, 0.29) is 11.8 Å². The van der Waals surface area contributed by atoms with Gasteiger partial charge in [-0.1, -0.05) is 81.1 Å². The number of carbonyl (C=O) groups excluding carboxylic acids is 2. The van der Waals surface area contributed by atoms with E-state index in [1.165, 1.54) is 4.90 Å². The molecule has 3 heteroatoms. The van der Waals surface area contributed by atoms with E-state index in [1.807, 2.05) is 50.2 Å². The molecule has 29 heavy (non-hydrogen) atoms. The van der Waals surface area contributed by atoms with Crippen LogP contribution in [0.4, 0.5) is 5.69 Å². The minimum absolute atomic E-state index is 0.253. The second-order valence-electron chi connectivity index (χ2n) is 5.85. The molecular formula is C26H25NO2. The van der Waals surface area contributed by atoms with Crippen molar-refractivity contribution >= 4 is 17.5 Å². The van der Waals surface area contributed by atoms with Crippen LogP contribution in [0.1, 0.15) is 53.5 Å². The fraction of sp³-hybridized carbons (Fsp3) is 0.154. The van der Waals surface area contributed by atoms with E-state index in [1.54, 1.807) is 48.5 Å². The zero-order valence-electron chi connectivity index (χ0n) is 17.1. The van der Waals surface area contributed by atoms with Gasteiger partial charge in [0.25, 0.3) is 11.8 Å². The Morgan fingerprint density at radius 1 is 0.690 bits per heavy atom. The summed E-state index contributed by atoms with van der Waals surface area (Å²) in [4.78, 5) is 25.4. The Morgan fingerprint density at radius 3 is 1.62 bits per heavy atom. The summed E-state index contributed by atoms with van der Waals surface area (Å²) in [6, 6.07) is 25.9. The number of carbonyl (C=O) groups is 2. The van der Waals surface area contributed by atoms with Gasteiger partial charge in [0, 0.05) is 12.0 Å². The summed E-state index contributed by atoms with van der Waals surface area (Å²) < 4.78 is 0. The second-order valence-corrected chi connectivity index (χ2v) is 5.85. The fourth-order valence-corrected chi connectivity index (χ4v) is 2.71. The van der Waals surface area contributed by atoms with Crippen molar-refractivity contribution in [2.45, 2.75) is 27.2 Å². The van der Waals surface area contributed by atoms with E-state index >= 15 is 0 Å². The number of amides is 2. The maximum absolute atomic E-state index is 12.1. The third-order valence-corrected chi connectivity index (χ3v) is 3.99. The third kappa shape index (κ3) is 5.43. The van der Waals surface area contributed by atoms with Gasteiger partial charge in [0.2, 0.25) is 0 Å². The minimum atomic E-state index is -0.253. The van der Waals surface area contributed by atoms with Crippen LogP contribution < -0.4 is 4.90 Å². The number of benzene rings is 3. The largest absolute Gasteiger partial charge is 0.268 e. The van der Waals surface area contributed by atoms with Crippen molar-refractivity contribution in [2.75, 3.05) is 4.90 Å². The molecule has 0 radical (unpaired) electrons. The zero-order chi connectivity index (χ0) is 21.1. The second kappa shape index (κ2) is 11.3. The molecule has 0 saturated carbocycles. The fourth-order valence-electron chi connectivity index (χ4n) is 2.71. The molecule has 3 nitrogen and oxygen atoms in total. The summed E-state index contributed by atoms with van der Waals surface area (Å²) in [5.74, 6) is 5.55. The van der Waals surface area contributed by atoms with Gasteiger partial charge >= 0.3 is 0 Å². The highest BCUT2D eigenvalue weighted by Crippen LogP contribution is 2.27. The van der Waals surface area contributed by atoms with Gasteiger partial charge in [0.15, 0.2) is 0 Å². The van der Waals surface area contributed by atoms with Gasteiger partial charge < -0.3 is 0 Å². The maximum atomic E-state index is 12.1. The van der Waals surface area contributed by atoms with Crippen LogP contribution in [0.25, 0.3) is 0 Å². The van der Waals surface area contributed by atoms with Crippen LogP contribution in [-0.2, 0) is 0 Å². The Balaban J connectivity index is 0.000000215. The molecule has 1 aliphatic rings. The lowest BCUT2D eigenvalue weighted by molar-refractivity contribution is 0.0926. The van der Waals surface area contributed by atoms with Gasteiger partial charge in [-0.15, -0.1) is 0 Å². The van der Waals surface area contributed by atoms with Crippen LogP contribution >= 0.6 is 0 Å². The van der Waals surface area contributed by atoms with Crippen molar-refractivity contribution in [2.24, 2.45) is 0 Å². The van der Waals surface area contributed by atoms with E-state index in [4.69, 9.17) is 0 Å². The first kappa shape index (κ1) is 21.7. The Labute approximate surface area is 173 Å². The summed E-state index contributed by atoms with van der Waals surface area (Å²) in [5.41, 5.74) is 2.66. The molecule has 0 fully saturated rings. The number of para-hydroxylation sites is 1. The van der Waals surface area contributed by atoms with Crippen molar-refractivity contribution in [1.29, 1.82) is 0 Å². The number of hydrogen-bond donors (Lipinski definition) is 0. The van der Waals surface area contributed by atoms with Crippen LogP contribution in [-0.4, -0.2) is 11.8 Å². The van der Waals surface area contributed by atoms with Gasteiger partial charge in [-0.05, 0) is 36.4 Å². The molecular weight excluding hydrogens is 358 g/mol. The molecule has 3 aromatic rings. The lowest BCUT2D eigenvalue weighted by atomic mass is 10.1. The molecule has 0 N–H and O–H groups in total. The van der Waals surface area contributed by atoms with Gasteiger partial charge in [0.05, 0.1) is 16.8 Å². The number of nitrogens with zero attached hydrogens (tertiary/aromatic N) is 1. The smallest absolute Gasteiger partial charge is 0.266 e. The summed E-state index contributed by atoms with van der Waals surface area (Å²) in [6.07, 6.45) is 0.925. The molecule has 0 aromatic heterocycles. The molecule has 2 amide bonds. The van der Waals surface area contributed by atoms with E-state index in [9.17, 15) is 9.59 Å². The Kier molecular flexibility index (Phi) is 8.41. The predicted octanol–water partition coefficient (Wildman–Crippen LogP) is 5.96. The molecule has 0 atom stereocenters. The molecule has 0 aliphatic carbocycles. The first-order valence-electron chi connectivity index (χ1n) is 9.79. The predicted molar refractivity (Wildman–Crippen MR) is 119 cm³/mol. The third-order valence-electron chi connectivity index (χ3n) is 3.99. The zero-order valence-corrected chi connectivity index (χ0v) is 17.1. The molecule has 1 aliphatic heterocycles. The summed E-state index contributed by atoms with van der Waals surface area (Å²) in [7, 11) is 0. The Hall–Kier alpha value is -3.64. The number of rotatable bonds is 1. The van der Waals surface area contributed by atoms with Crippen molar-refractivity contribution in [3.8, 4) is 11.8 Å². The highest BCUT2D eigenvalue weighted by atomic mass is 16.2. The van der Waals surface area contributed by atoms with E-state index in [0.29, 0.717) is 16.8 Å². The maximum Gasteiger partial charge on any atom is 0.266 e. The van der Waals surface area contributed by atoms with Crippen molar-refractivity contribution in [3.05, 3.63) is 102 Å². The lowest BCUT2D eigenvalue weighted by Gasteiger charge is -2.13. The quantitative estimate of drug-likeness (QED) is 0.384. The normalized spacial score (nSPS) is 11.2. The number of anilines is 1. The minimum Gasteiger partial charge on any atom is -0.268 e. The molecule has 0 bridgehead atoms. The van der Waals surface area contributed by atoms with Crippen LogP contribution in [0.2, 0.25) is 0 Å². The summed E-state index contributed by atoms with van der Waals surface area (Å²) >= 11 is 0. The average Bonchev–Trinajstić information content (AvgIpc) is 3.06. The standard InChI is InChI=1S/C14H9NO2.C10H10.C2H6/c16-13-11-8-4-5-9-12(11)14(17)15(13)10-6-2-1-3-7-10;1-2-3-7-10-8-5-4-6-9-10;1-2/h1-9H;4-6,8-9H,2H2,1H3;1-2H3. The van der Waals surface area contributed by atoms with Crippen LogP contribution in [0, 0.1) is 11.8 Å². The monoisotopic (exact) mass is 383 g/mol. The van der Waals surface area contributed by atoms with Crippen molar-refractivity contribution in [3.63, 3.8) is 0 Å². The number of hydrogen-bond acceptors (Lipinski definition) is 2. The molecule has 146 valence electrons. The first-order chi connectivity index (χ1) is 14.2. The highest BCUT2D eigenvalue weighted by Gasteiger charge is 2.35. The van der Waals surface area contributed by atoms with Gasteiger partial charge in [-0.2, -0.15) is 0 Å².